The summed E-state index contributed by atoms with van der Waals surface area (Å²) in [5.41, 5.74) is 7.26. The molecule has 0 radical (unpaired) electrons. The normalized spacial score (nSPS) is 23.2. The first-order valence-electron chi connectivity index (χ1n) is 5.76. The van der Waals surface area contributed by atoms with Crippen LogP contribution in [0.4, 0.5) is 0 Å². The van der Waals surface area contributed by atoms with Crippen LogP contribution in [0.3, 0.4) is 0 Å². The molecular weight excluding hydrogens is 188 g/mol. The zero-order valence-corrected chi connectivity index (χ0v) is 9.39. The molecule has 4 heteroatoms. The first kappa shape index (κ1) is 10.6. The topological polar surface area (TPSA) is 47.1 Å². The van der Waals surface area contributed by atoms with Gasteiger partial charge in [0.1, 0.15) is 0 Å². The third-order valence-corrected chi connectivity index (χ3v) is 3.07. The van der Waals surface area contributed by atoms with Crippen LogP contribution in [-0.4, -0.2) is 33.6 Å². The molecule has 1 aromatic heterocycles. The second-order valence-corrected chi connectivity index (χ2v) is 4.31. The molecule has 84 valence electrons. The molecular formula is C11H20N4. The first-order chi connectivity index (χ1) is 7.29. The third-order valence-electron chi connectivity index (χ3n) is 3.07. The third kappa shape index (κ3) is 2.58. The minimum absolute atomic E-state index is 0.358. The number of piperidine rings is 1. The fourth-order valence-electron chi connectivity index (χ4n) is 2.23. The standard InChI is InChI=1S/C11H20N4/c1-2-15-9-13-6-11(15)8-14-5-3-4-10(12)7-14/h6,9-10H,2-5,7-8,12H2,1H3/t10-/m1/s1. The molecule has 0 spiro atoms. The molecule has 1 aromatic rings. The molecule has 0 aromatic carbocycles. The number of rotatable bonds is 3. The molecule has 1 fully saturated rings. The van der Waals surface area contributed by atoms with Crippen molar-refractivity contribution in [1.29, 1.82) is 0 Å². The van der Waals surface area contributed by atoms with Crippen molar-refractivity contribution < 1.29 is 0 Å². The molecule has 1 saturated heterocycles. The second-order valence-electron chi connectivity index (χ2n) is 4.31. The summed E-state index contributed by atoms with van der Waals surface area (Å²) in [7, 11) is 0. The van der Waals surface area contributed by atoms with E-state index in [1.165, 1.54) is 25.1 Å². The van der Waals surface area contributed by atoms with Gasteiger partial charge in [-0.05, 0) is 26.3 Å². The smallest absolute Gasteiger partial charge is 0.0948 e. The van der Waals surface area contributed by atoms with Gasteiger partial charge in [-0.2, -0.15) is 0 Å². The van der Waals surface area contributed by atoms with Gasteiger partial charge in [-0.15, -0.1) is 0 Å². The molecule has 0 aliphatic carbocycles. The van der Waals surface area contributed by atoms with Crippen LogP contribution in [0.2, 0.25) is 0 Å². The Kier molecular flexibility index (Phi) is 3.38. The molecule has 2 heterocycles. The zero-order valence-electron chi connectivity index (χ0n) is 9.39. The maximum Gasteiger partial charge on any atom is 0.0948 e. The Balaban J connectivity index is 1.96. The van der Waals surface area contributed by atoms with Gasteiger partial charge in [-0.3, -0.25) is 4.90 Å². The van der Waals surface area contributed by atoms with Gasteiger partial charge in [0, 0.05) is 31.9 Å². The SMILES string of the molecule is CCn1cncc1CN1CCC[C@@H](N)C1. The number of aromatic nitrogens is 2. The van der Waals surface area contributed by atoms with Crippen molar-refractivity contribution >= 4 is 0 Å². The van der Waals surface area contributed by atoms with Crippen LogP contribution in [-0.2, 0) is 13.1 Å². The van der Waals surface area contributed by atoms with E-state index in [1.54, 1.807) is 0 Å². The number of hydrogen-bond donors (Lipinski definition) is 1. The lowest BCUT2D eigenvalue weighted by Crippen LogP contribution is -2.42. The maximum absolute atomic E-state index is 5.96. The van der Waals surface area contributed by atoms with Gasteiger partial charge in [0.15, 0.2) is 0 Å². The predicted octanol–water partition coefficient (Wildman–Crippen LogP) is 0.826. The fourth-order valence-corrected chi connectivity index (χ4v) is 2.23. The summed E-state index contributed by atoms with van der Waals surface area (Å²) in [5.74, 6) is 0. The summed E-state index contributed by atoms with van der Waals surface area (Å²) in [6.07, 6.45) is 6.26. The largest absolute Gasteiger partial charge is 0.334 e. The van der Waals surface area contributed by atoms with E-state index in [9.17, 15) is 0 Å². The molecule has 15 heavy (non-hydrogen) atoms. The highest BCUT2D eigenvalue weighted by Crippen LogP contribution is 2.12. The van der Waals surface area contributed by atoms with Gasteiger partial charge >= 0.3 is 0 Å². The van der Waals surface area contributed by atoms with Crippen molar-refractivity contribution in [3.63, 3.8) is 0 Å². The monoisotopic (exact) mass is 208 g/mol. The molecule has 2 rings (SSSR count). The van der Waals surface area contributed by atoms with E-state index in [2.05, 4.69) is 21.4 Å². The second kappa shape index (κ2) is 4.77. The van der Waals surface area contributed by atoms with Crippen molar-refractivity contribution in [2.24, 2.45) is 5.73 Å². The van der Waals surface area contributed by atoms with Crippen LogP contribution in [0.15, 0.2) is 12.5 Å². The van der Waals surface area contributed by atoms with E-state index in [4.69, 9.17) is 5.73 Å². The van der Waals surface area contributed by atoms with Gasteiger partial charge < -0.3 is 10.3 Å². The average molecular weight is 208 g/mol. The van der Waals surface area contributed by atoms with Crippen molar-refractivity contribution in [2.45, 2.75) is 38.9 Å². The van der Waals surface area contributed by atoms with Gasteiger partial charge in [0.05, 0.1) is 12.0 Å². The summed E-state index contributed by atoms with van der Waals surface area (Å²) in [6, 6.07) is 0.358. The molecule has 0 unspecified atom stereocenters. The Morgan fingerprint density at radius 3 is 3.20 bits per heavy atom. The molecule has 1 atom stereocenters. The van der Waals surface area contributed by atoms with E-state index < -0.39 is 0 Å². The number of aryl methyl sites for hydroxylation is 1. The lowest BCUT2D eigenvalue weighted by molar-refractivity contribution is 0.197. The maximum atomic E-state index is 5.96. The van der Waals surface area contributed by atoms with Crippen LogP contribution in [0.25, 0.3) is 0 Å². The summed E-state index contributed by atoms with van der Waals surface area (Å²) in [4.78, 5) is 6.61. The fraction of sp³-hybridized carbons (Fsp3) is 0.727. The highest BCUT2D eigenvalue weighted by Gasteiger charge is 2.17. The molecule has 4 nitrogen and oxygen atoms in total. The number of nitrogens with zero attached hydrogens (tertiary/aromatic N) is 3. The summed E-state index contributed by atoms with van der Waals surface area (Å²) >= 11 is 0. The van der Waals surface area contributed by atoms with Crippen LogP contribution in [0.5, 0.6) is 0 Å². The Morgan fingerprint density at radius 2 is 2.47 bits per heavy atom. The Bertz CT molecular complexity index is 307. The highest BCUT2D eigenvalue weighted by molar-refractivity contribution is 4.98. The average Bonchev–Trinajstić information content (AvgIpc) is 2.65. The van der Waals surface area contributed by atoms with E-state index >= 15 is 0 Å². The Labute approximate surface area is 91.1 Å². The lowest BCUT2D eigenvalue weighted by atomic mass is 10.1. The molecule has 2 N–H and O–H groups in total. The minimum Gasteiger partial charge on any atom is -0.334 e. The minimum atomic E-state index is 0.358. The van der Waals surface area contributed by atoms with Gasteiger partial charge in [0.2, 0.25) is 0 Å². The van der Waals surface area contributed by atoms with Gasteiger partial charge in [-0.1, -0.05) is 0 Å². The lowest BCUT2D eigenvalue weighted by Gasteiger charge is -2.30. The zero-order chi connectivity index (χ0) is 10.7. The summed E-state index contributed by atoms with van der Waals surface area (Å²) in [6.45, 7) is 6.32. The molecule has 0 amide bonds. The van der Waals surface area contributed by atoms with E-state index in [1.807, 2.05) is 12.5 Å². The highest BCUT2D eigenvalue weighted by atomic mass is 15.2. The van der Waals surface area contributed by atoms with Crippen LogP contribution in [0.1, 0.15) is 25.5 Å². The molecule has 1 aliphatic rings. The van der Waals surface area contributed by atoms with Gasteiger partial charge in [-0.25, -0.2) is 4.98 Å². The number of likely N-dealkylation sites (tertiary alicyclic amines) is 1. The Morgan fingerprint density at radius 1 is 1.60 bits per heavy atom. The van der Waals surface area contributed by atoms with E-state index in [0.717, 1.165) is 19.6 Å². The molecule has 0 bridgehead atoms. The molecule has 0 saturated carbocycles. The van der Waals surface area contributed by atoms with Crippen molar-refractivity contribution in [1.82, 2.24) is 14.5 Å². The van der Waals surface area contributed by atoms with E-state index in [-0.39, 0.29) is 0 Å². The van der Waals surface area contributed by atoms with E-state index in [0.29, 0.717) is 6.04 Å². The van der Waals surface area contributed by atoms with Crippen molar-refractivity contribution in [3.05, 3.63) is 18.2 Å². The van der Waals surface area contributed by atoms with Crippen LogP contribution in [0, 0.1) is 0 Å². The summed E-state index contributed by atoms with van der Waals surface area (Å²) < 4.78 is 2.19. The number of hydrogen-bond acceptors (Lipinski definition) is 3. The number of nitrogens with two attached hydrogens (primary N) is 1. The predicted molar refractivity (Wildman–Crippen MR) is 60.4 cm³/mol. The quantitative estimate of drug-likeness (QED) is 0.800. The Hall–Kier alpha value is -0.870. The summed E-state index contributed by atoms with van der Waals surface area (Å²) in [5, 5.41) is 0. The van der Waals surface area contributed by atoms with Crippen molar-refractivity contribution in [2.75, 3.05) is 13.1 Å². The first-order valence-corrected chi connectivity index (χ1v) is 5.76. The van der Waals surface area contributed by atoms with Gasteiger partial charge in [0.25, 0.3) is 0 Å². The van der Waals surface area contributed by atoms with Crippen molar-refractivity contribution in [3.8, 4) is 0 Å². The van der Waals surface area contributed by atoms with Crippen LogP contribution >= 0.6 is 0 Å². The molecule has 1 aliphatic heterocycles. The van der Waals surface area contributed by atoms with Crippen LogP contribution < -0.4 is 5.73 Å². The number of imidazole rings is 1.